The lowest BCUT2D eigenvalue weighted by Crippen LogP contribution is -2.13. The van der Waals surface area contributed by atoms with E-state index in [-0.39, 0.29) is 0 Å². The molecule has 11 heavy (non-hydrogen) atoms. The molecule has 0 aliphatic carbocycles. The monoisotopic (exact) mass is 182 g/mol. The lowest BCUT2D eigenvalue weighted by molar-refractivity contribution is 0.275. The molecule has 1 heterocycles. The van der Waals surface area contributed by atoms with E-state index in [9.17, 15) is 0 Å². The molecule has 0 radical (unpaired) electrons. The van der Waals surface area contributed by atoms with Crippen LogP contribution in [0.4, 0.5) is 0 Å². The van der Waals surface area contributed by atoms with Crippen molar-refractivity contribution >= 4 is 13.7 Å². The fourth-order valence-corrected chi connectivity index (χ4v) is 0.516. The standard InChI is InChI=1S/C4H8N2.H3O4P/c1-4-5-2-3-6-4;1-5(2,3)4/h2-3H2,1H3,(H,5,6);(H3,1,2,3,4). The highest BCUT2D eigenvalue weighted by atomic mass is 31.2. The van der Waals surface area contributed by atoms with Crippen LogP contribution in [0.25, 0.3) is 0 Å². The van der Waals surface area contributed by atoms with Crippen LogP contribution in [0.5, 0.6) is 0 Å². The Morgan fingerprint density at radius 2 is 2.00 bits per heavy atom. The Hall–Kier alpha value is -0.420. The summed E-state index contributed by atoms with van der Waals surface area (Å²) in [7, 11) is -4.64. The molecule has 1 aliphatic rings. The number of phosphoric acid groups is 1. The Labute approximate surface area is 64.2 Å². The van der Waals surface area contributed by atoms with Crippen LogP contribution in [0.2, 0.25) is 0 Å². The molecule has 4 N–H and O–H groups in total. The maximum atomic E-state index is 8.88. The zero-order valence-corrected chi connectivity index (χ0v) is 6.95. The van der Waals surface area contributed by atoms with E-state index in [4.69, 9.17) is 19.2 Å². The maximum Gasteiger partial charge on any atom is 0.466 e. The van der Waals surface area contributed by atoms with Gasteiger partial charge in [0.1, 0.15) is 0 Å². The largest absolute Gasteiger partial charge is 0.466 e. The van der Waals surface area contributed by atoms with Crippen molar-refractivity contribution in [2.24, 2.45) is 4.99 Å². The first-order valence-electron chi connectivity index (χ1n) is 2.93. The molecule has 0 aromatic rings. The fraction of sp³-hybridized carbons (Fsp3) is 0.750. The molecule has 6 nitrogen and oxygen atoms in total. The molecule has 0 atom stereocenters. The molecule has 0 fully saturated rings. The van der Waals surface area contributed by atoms with Crippen molar-refractivity contribution in [3.05, 3.63) is 0 Å². The summed E-state index contributed by atoms with van der Waals surface area (Å²) in [5.41, 5.74) is 0. The number of hydrogen-bond acceptors (Lipinski definition) is 3. The Morgan fingerprint density at radius 3 is 2.09 bits per heavy atom. The van der Waals surface area contributed by atoms with E-state index in [1.165, 1.54) is 0 Å². The molecule has 0 amide bonds. The summed E-state index contributed by atoms with van der Waals surface area (Å²) in [5, 5.41) is 3.07. The molecule has 1 rings (SSSR count). The van der Waals surface area contributed by atoms with E-state index < -0.39 is 7.82 Å². The lowest BCUT2D eigenvalue weighted by atomic mass is 10.7. The van der Waals surface area contributed by atoms with Gasteiger partial charge in [0.05, 0.1) is 12.4 Å². The van der Waals surface area contributed by atoms with Crippen LogP contribution < -0.4 is 5.32 Å². The number of hydrogen-bond donors (Lipinski definition) is 4. The average Bonchev–Trinajstić information content (AvgIpc) is 2.12. The van der Waals surface area contributed by atoms with Crippen molar-refractivity contribution in [2.75, 3.05) is 13.1 Å². The molecular formula is C4H11N2O4P. The first-order chi connectivity index (χ1) is 4.89. The molecule has 0 aromatic carbocycles. The Morgan fingerprint density at radius 1 is 1.55 bits per heavy atom. The van der Waals surface area contributed by atoms with Crippen LogP contribution in [0.1, 0.15) is 6.92 Å². The summed E-state index contributed by atoms with van der Waals surface area (Å²) in [6, 6.07) is 0. The fourth-order valence-electron chi connectivity index (χ4n) is 0.516. The van der Waals surface area contributed by atoms with Crippen molar-refractivity contribution in [3.63, 3.8) is 0 Å². The molecular weight excluding hydrogens is 171 g/mol. The minimum atomic E-state index is -4.64. The molecule has 7 heteroatoms. The molecule has 0 bridgehead atoms. The van der Waals surface area contributed by atoms with Gasteiger partial charge in [-0.3, -0.25) is 4.99 Å². The smallest absolute Gasteiger partial charge is 0.372 e. The summed E-state index contributed by atoms with van der Waals surface area (Å²) in [6.07, 6.45) is 0. The van der Waals surface area contributed by atoms with Gasteiger partial charge in [-0.1, -0.05) is 0 Å². The Bertz CT molecular complexity index is 178. The van der Waals surface area contributed by atoms with E-state index in [1.54, 1.807) is 0 Å². The molecule has 0 saturated heterocycles. The van der Waals surface area contributed by atoms with Gasteiger partial charge in [-0.15, -0.1) is 0 Å². The summed E-state index contributed by atoms with van der Waals surface area (Å²) in [5.74, 6) is 1.08. The number of rotatable bonds is 0. The van der Waals surface area contributed by atoms with E-state index >= 15 is 0 Å². The van der Waals surface area contributed by atoms with Gasteiger partial charge in [-0.05, 0) is 6.92 Å². The van der Waals surface area contributed by atoms with Crippen LogP contribution in [-0.2, 0) is 4.57 Å². The van der Waals surface area contributed by atoms with Crippen molar-refractivity contribution < 1.29 is 19.2 Å². The predicted molar refractivity (Wildman–Crippen MR) is 40.2 cm³/mol. The van der Waals surface area contributed by atoms with Crippen molar-refractivity contribution in [1.82, 2.24) is 5.32 Å². The number of amidine groups is 1. The van der Waals surface area contributed by atoms with Crippen molar-refractivity contribution in [1.29, 1.82) is 0 Å². The number of nitrogens with zero attached hydrogens (tertiary/aromatic N) is 1. The minimum Gasteiger partial charge on any atom is -0.372 e. The van der Waals surface area contributed by atoms with Crippen LogP contribution in [0.15, 0.2) is 4.99 Å². The first-order valence-corrected chi connectivity index (χ1v) is 4.49. The highest BCUT2D eigenvalue weighted by molar-refractivity contribution is 7.45. The van der Waals surface area contributed by atoms with Gasteiger partial charge in [-0.25, -0.2) is 4.57 Å². The third-order valence-corrected chi connectivity index (χ3v) is 0.842. The minimum absolute atomic E-state index is 0.964. The van der Waals surface area contributed by atoms with Gasteiger partial charge >= 0.3 is 7.82 Å². The van der Waals surface area contributed by atoms with Gasteiger partial charge in [0.2, 0.25) is 0 Å². The summed E-state index contributed by atoms with van der Waals surface area (Å²) in [4.78, 5) is 25.6. The SMILES string of the molecule is CC1=NCCN1.O=P(O)(O)O. The maximum absolute atomic E-state index is 8.88. The van der Waals surface area contributed by atoms with E-state index in [2.05, 4.69) is 10.3 Å². The molecule has 0 saturated carbocycles. The lowest BCUT2D eigenvalue weighted by Gasteiger charge is -1.85. The molecule has 0 spiro atoms. The Kier molecular flexibility index (Phi) is 4.29. The topological polar surface area (TPSA) is 102 Å². The molecule has 66 valence electrons. The zero-order chi connectivity index (χ0) is 8.91. The van der Waals surface area contributed by atoms with Crippen LogP contribution in [-0.4, -0.2) is 33.6 Å². The van der Waals surface area contributed by atoms with E-state index in [1.807, 2.05) is 6.92 Å². The van der Waals surface area contributed by atoms with Crippen molar-refractivity contribution in [3.8, 4) is 0 Å². The van der Waals surface area contributed by atoms with Gasteiger partial charge in [0, 0.05) is 6.54 Å². The summed E-state index contributed by atoms with van der Waals surface area (Å²) >= 11 is 0. The van der Waals surface area contributed by atoms with E-state index in [0.29, 0.717) is 0 Å². The average molecular weight is 182 g/mol. The second-order valence-electron chi connectivity index (χ2n) is 1.91. The zero-order valence-electron chi connectivity index (χ0n) is 6.06. The number of aliphatic imine (C=N–C) groups is 1. The normalized spacial score (nSPS) is 16.2. The van der Waals surface area contributed by atoms with Gasteiger partial charge in [-0.2, -0.15) is 0 Å². The second kappa shape index (κ2) is 4.46. The third-order valence-electron chi connectivity index (χ3n) is 0.842. The molecule has 0 unspecified atom stereocenters. The third kappa shape index (κ3) is 12.7. The first kappa shape index (κ1) is 10.6. The quantitative estimate of drug-likeness (QED) is 0.363. The van der Waals surface area contributed by atoms with Crippen LogP contribution in [0, 0.1) is 0 Å². The molecule has 1 aliphatic heterocycles. The van der Waals surface area contributed by atoms with Crippen LogP contribution >= 0.6 is 7.82 Å². The van der Waals surface area contributed by atoms with Crippen molar-refractivity contribution in [2.45, 2.75) is 6.92 Å². The number of nitrogens with one attached hydrogen (secondary N) is 1. The van der Waals surface area contributed by atoms with E-state index in [0.717, 1.165) is 18.9 Å². The Balaban J connectivity index is 0.000000187. The second-order valence-corrected chi connectivity index (χ2v) is 2.93. The highest BCUT2D eigenvalue weighted by Gasteiger charge is 2.00. The highest BCUT2D eigenvalue weighted by Crippen LogP contribution is 2.25. The summed E-state index contributed by atoms with van der Waals surface area (Å²) in [6.45, 7) is 3.98. The van der Waals surface area contributed by atoms with Crippen LogP contribution in [0.3, 0.4) is 0 Å². The van der Waals surface area contributed by atoms with Gasteiger partial charge in [0.15, 0.2) is 0 Å². The van der Waals surface area contributed by atoms with Gasteiger partial charge < -0.3 is 20.0 Å². The van der Waals surface area contributed by atoms with Gasteiger partial charge in [0.25, 0.3) is 0 Å². The molecule has 0 aromatic heterocycles. The summed E-state index contributed by atoms with van der Waals surface area (Å²) < 4.78 is 8.88. The predicted octanol–water partition coefficient (Wildman–Crippen LogP) is -0.921.